The molecule has 0 bridgehead atoms. The Hall–Kier alpha value is -3.78. The first kappa shape index (κ1) is 16.1. The number of hydrogen-bond acceptors (Lipinski definition) is 2. The maximum Gasteiger partial charge on any atom is 0.174 e. The SMILES string of the molecule is O=C1c2cccc3c2c(c2c4c(cccc43)C(=O)C3C=CC=CC=23)=C2C=CC=CC12. The number of carbonyl (C=O) groups is 2. The summed E-state index contributed by atoms with van der Waals surface area (Å²) in [4.78, 5) is 26.8. The van der Waals surface area contributed by atoms with Crippen molar-refractivity contribution in [3.63, 3.8) is 0 Å². The highest BCUT2D eigenvalue weighted by molar-refractivity contribution is 6.26. The smallest absolute Gasteiger partial charge is 0.174 e. The Morgan fingerprint density at radius 2 is 1.03 bits per heavy atom. The molecule has 0 radical (unpaired) electrons. The lowest BCUT2D eigenvalue weighted by Crippen LogP contribution is -2.42. The minimum absolute atomic E-state index is 0.152. The molecule has 0 aromatic heterocycles. The van der Waals surface area contributed by atoms with Crippen molar-refractivity contribution in [1.29, 1.82) is 0 Å². The summed E-state index contributed by atoms with van der Waals surface area (Å²) < 4.78 is 0. The van der Waals surface area contributed by atoms with Gasteiger partial charge in [0.2, 0.25) is 0 Å². The lowest BCUT2D eigenvalue weighted by molar-refractivity contribution is 0.0960. The molecule has 2 atom stereocenters. The molecule has 4 aliphatic rings. The molecule has 0 N–H and O–H groups in total. The Labute approximate surface area is 172 Å². The summed E-state index contributed by atoms with van der Waals surface area (Å²) >= 11 is 0. The number of benzene rings is 3. The molecule has 3 aromatic rings. The highest BCUT2D eigenvalue weighted by atomic mass is 16.1. The van der Waals surface area contributed by atoms with Crippen molar-refractivity contribution in [2.45, 2.75) is 0 Å². The Morgan fingerprint density at radius 3 is 1.50 bits per heavy atom. The van der Waals surface area contributed by atoms with Crippen molar-refractivity contribution in [2.75, 3.05) is 0 Å². The fraction of sp³-hybridized carbons (Fsp3) is 0.0714. The molecule has 0 spiro atoms. The van der Waals surface area contributed by atoms with Crippen LogP contribution in [0.3, 0.4) is 0 Å². The van der Waals surface area contributed by atoms with Crippen LogP contribution in [0.5, 0.6) is 0 Å². The van der Waals surface area contributed by atoms with Crippen LogP contribution in [0.4, 0.5) is 0 Å². The van der Waals surface area contributed by atoms with Crippen molar-refractivity contribution in [3.05, 3.63) is 107 Å². The number of ketones is 2. The van der Waals surface area contributed by atoms with Gasteiger partial charge in [-0.2, -0.15) is 0 Å². The van der Waals surface area contributed by atoms with E-state index in [2.05, 4.69) is 24.3 Å². The van der Waals surface area contributed by atoms with Crippen LogP contribution in [0.2, 0.25) is 0 Å². The second-order valence-electron chi connectivity index (χ2n) is 8.29. The molecule has 2 nitrogen and oxygen atoms in total. The van der Waals surface area contributed by atoms with E-state index in [1.807, 2.05) is 60.7 Å². The maximum atomic E-state index is 13.4. The van der Waals surface area contributed by atoms with Gasteiger partial charge in [-0.05, 0) is 32.4 Å². The van der Waals surface area contributed by atoms with Crippen LogP contribution in [-0.2, 0) is 0 Å². The standard InChI is InChI=1S/C28H16O2/c29-27-19-9-3-1-7-17(19)25-23-15(11-5-13-21(23)27)16-12-6-14-22-24(16)26(25)18-8-2-4-10-20(18)28(22)30/h1-14,19-20H. The van der Waals surface area contributed by atoms with E-state index < -0.39 is 0 Å². The normalized spacial score (nSPS) is 22.8. The summed E-state index contributed by atoms with van der Waals surface area (Å²) in [6.07, 6.45) is 16.1. The van der Waals surface area contributed by atoms with Gasteiger partial charge in [0.15, 0.2) is 11.6 Å². The number of carbonyl (C=O) groups excluding carboxylic acids is 2. The van der Waals surface area contributed by atoms with E-state index in [9.17, 15) is 9.59 Å². The van der Waals surface area contributed by atoms with Crippen LogP contribution in [0.1, 0.15) is 20.7 Å². The van der Waals surface area contributed by atoms with Crippen molar-refractivity contribution < 1.29 is 9.59 Å². The van der Waals surface area contributed by atoms with Crippen LogP contribution >= 0.6 is 0 Å². The van der Waals surface area contributed by atoms with Crippen molar-refractivity contribution in [1.82, 2.24) is 0 Å². The molecule has 0 heterocycles. The lowest BCUT2D eigenvalue weighted by atomic mass is 9.73. The second-order valence-corrected chi connectivity index (χ2v) is 8.29. The van der Waals surface area contributed by atoms with Gasteiger partial charge in [0.05, 0.1) is 11.8 Å². The van der Waals surface area contributed by atoms with Crippen LogP contribution in [0.15, 0.2) is 85.0 Å². The summed E-state index contributed by atoms with van der Waals surface area (Å²) in [6, 6.07) is 12.0. The number of allylic oxidation sites excluding steroid dienone is 8. The molecule has 140 valence electrons. The summed E-state index contributed by atoms with van der Waals surface area (Å²) in [5.41, 5.74) is 3.65. The summed E-state index contributed by atoms with van der Waals surface area (Å²) in [7, 11) is 0. The third kappa shape index (κ3) is 1.76. The zero-order valence-electron chi connectivity index (χ0n) is 16.1. The molecule has 0 aliphatic heterocycles. The maximum absolute atomic E-state index is 13.4. The molecule has 0 amide bonds. The van der Waals surface area contributed by atoms with Gasteiger partial charge in [-0.3, -0.25) is 9.59 Å². The van der Waals surface area contributed by atoms with Gasteiger partial charge < -0.3 is 0 Å². The largest absolute Gasteiger partial charge is 0.293 e. The quantitative estimate of drug-likeness (QED) is 0.545. The molecule has 4 aliphatic carbocycles. The van der Waals surface area contributed by atoms with Gasteiger partial charge in [-0.25, -0.2) is 0 Å². The lowest BCUT2D eigenvalue weighted by Gasteiger charge is -2.28. The second kappa shape index (κ2) is 5.43. The van der Waals surface area contributed by atoms with Gasteiger partial charge in [0.1, 0.15) is 0 Å². The van der Waals surface area contributed by atoms with E-state index in [-0.39, 0.29) is 23.4 Å². The van der Waals surface area contributed by atoms with Gasteiger partial charge in [0.25, 0.3) is 0 Å². The molecule has 0 saturated heterocycles. The Morgan fingerprint density at radius 1 is 0.567 bits per heavy atom. The first-order chi connectivity index (χ1) is 14.8. The van der Waals surface area contributed by atoms with Crippen molar-refractivity contribution >= 4 is 44.3 Å². The zero-order chi connectivity index (χ0) is 20.0. The fourth-order valence-corrected chi connectivity index (χ4v) is 5.68. The van der Waals surface area contributed by atoms with E-state index in [0.29, 0.717) is 0 Å². The van der Waals surface area contributed by atoms with E-state index >= 15 is 0 Å². The minimum atomic E-state index is -0.270. The molecular weight excluding hydrogens is 368 g/mol. The molecular formula is C28H16O2. The van der Waals surface area contributed by atoms with Gasteiger partial charge >= 0.3 is 0 Å². The third-order valence-corrected chi connectivity index (χ3v) is 6.89. The van der Waals surface area contributed by atoms with Gasteiger partial charge in [0, 0.05) is 21.9 Å². The number of rotatable bonds is 0. The van der Waals surface area contributed by atoms with Crippen molar-refractivity contribution in [2.24, 2.45) is 11.8 Å². The monoisotopic (exact) mass is 384 g/mol. The Kier molecular flexibility index (Phi) is 2.91. The van der Waals surface area contributed by atoms with Crippen LogP contribution in [0.25, 0.3) is 32.7 Å². The predicted molar refractivity (Wildman–Crippen MR) is 120 cm³/mol. The summed E-state index contributed by atoms with van der Waals surface area (Å²) in [6.45, 7) is 0. The van der Waals surface area contributed by atoms with E-state index in [1.165, 1.54) is 0 Å². The number of Topliss-reactive ketones (excluding diaryl/α,β-unsaturated/α-hetero) is 2. The highest BCUT2D eigenvalue weighted by Gasteiger charge is 2.34. The third-order valence-electron chi connectivity index (χ3n) is 6.89. The topological polar surface area (TPSA) is 34.1 Å². The molecule has 30 heavy (non-hydrogen) atoms. The van der Waals surface area contributed by atoms with E-state index in [0.717, 1.165) is 54.3 Å². The molecule has 0 fully saturated rings. The average Bonchev–Trinajstić information content (AvgIpc) is 2.81. The molecule has 3 aromatic carbocycles. The fourth-order valence-electron chi connectivity index (χ4n) is 5.68. The summed E-state index contributed by atoms with van der Waals surface area (Å²) in [5.74, 6) is -0.236. The summed E-state index contributed by atoms with van der Waals surface area (Å²) in [5, 5.41) is 6.39. The Balaban J connectivity index is 1.92. The minimum Gasteiger partial charge on any atom is -0.293 e. The van der Waals surface area contributed by atoms with Crippen molar-refractivity contribution in [3.8, 4) is 0 Å². The molecule has 2 heteroatoms. The van der Waals surface area contributed by atoms with Crippen LogP contribution in [-0.4, -0.2) is 11.6 Å². The van der Waals surface area contributed by atoms with Crippen LogP contribution in [0, 0.1) is 11.8 Å². The van der Waals surface area contributed by atoms with Gasteiger partial charge in [-0.15, -0.1) is 0 Å². The van der Waals surface area contributed by atoms with Gasteiger partial charge in [-0.1, -0.05) is 85.0 Å². The first-order valence-electron chi connectivity index (χ1n) is 10.3. The Bertz CT molecular complexity index is 1500. The molecule has 7 rings (SSSR count). The highest BCUT2D eigenvalue weighted by Crippen LogP contribution is 2.37. The number of hydrogen-bond donors (Lipinski definition) is 0. The number of fused-ring (bicyclic) bond motifs is 4. The molecule has 0 saturated carbocycles. The van der Waals surface area contributed by atoms with E-state index in [4.69, 9.17) is 0 Å². The average molecular weight is 384 g/mol. The first-order valence-corrected chi connectivity index (χ1v) is 10.3. The predicted octanol–water partition coefficient (Wildman–Crippen LogP) is 4.17. The molecule has 2 unspecified atom stereocenters. The zero-order valence-corrected chi connectivity index (χ0v) is 16.1. The van der Waals surface area contributed by atoms with E-state index in [1.54, 1.807) is 0 Å². The van der Waals surface area contributed by atoms with Crippen LogP contribution < -0.4 is 10.4 Å².